The molecule has 11 aromatic rings. The van der Waals surface area contributed by atoms with Gasteiger partial charge in [-0.3, -0.25) is 0 Å². The van der Waals surface area contributed by atoms with E-state index in [1.807, 2.05) is 34.9 Å². The van der Waals surface area contributed by atoms with E-state index in [9.17, 15) is 0 Å². The third-order valence-corrected chi connectivity index (χ3v) is 14.2. The molecule has 0 fully saturated rings. The van der Waals surface area contributed by atoms with E-state index < -0.39 is 6.85 Å². The first-order chi connectivity index (χ1) is 34.9. The fourth-order valence-corrected chi connectivity index (χ4v) is 10.9. The van der Waals surface area contributed by atoms with Crippen molar-refractivity contribution in [2.24, 2.45) is 0 Å². The summed E-state index contributed by atoms with van der Waals surface area (Å²) < 4.78 is 46.7. The van der Waals surface area contributed by atoms with Crippen molar-refractivity contribution >= 4 is 32.8 Å². The molecular weight excluding hydrogens is 1030 g/mol. The molecule has 1 aliphatic heterocycles. The molecule has 4 heterocycles. The van der Waals surface area contributed by atoms with Gasteiger partial charge in [0.1, 0.15) is 5.75 Å². The number of nitrogens with zero attached hydrogens (tertiary/aromatic N) is 4. The van der Waals surface area contributed by atoms with E-state index in [1.54, 1.807) is 12.3 Å². The number of benzene rings is 8. The van der Waals surface area contributed by atoms with Crippen LogP contribution in [-0.2, 0) is 31.2 Å². The summed E-state index contributed by atoms with van der Waals surface area (Å²) in [5.41, 5.74) is 13.8. The Labute approximate surface area is 417 Å². The van der Waals surface area contributed by atoms with Crippen LogP contribution in [0.1, 0.15) is 48.0 Å². The molecule has 0 radical (unpaired) electrons. The minimum atomic E-state index is -2.42. The second kappa shape index (κ2) is 17.2. The Hall–Kier alpha value is -7.53. The van der Waals surface area contributed by atoms with Crippen LogP contribution in [0.15, 0.2) is 182 Å². The van der Waals surface area contributed by atoms with Gasteiger partial charge < -0.3 is 4.74 Å². The smallest absolute Gasteiger partial charge is 0.493 e. The summed E-state index contributed by atoms with van der Waals surface area (Å²) in [6.07, 6.45) is 3.53. The number of fused-ring (bicyclic) bond motifs is 5. The summed E-state index contributed by atoms with van der Waals surface area (Å²) in [6.45, 7) is 4.71. The predicted octanol–water partition coefficient (Wildman–Crippen LogP) is 15.3. The molecule has 3 aromatic heterocycles. The van der Waals surface area contributed by atoms with Crippen molar-refractivity contribution in [1.82, 2.24) is 18.7 Å². The molecule has 0 unspecified atom stereocenters. The van der Waals surface area contributed by atoms with Gasteiger partial charge in [0, 0.05) is 15.9 Å². The zero-order valence-electron chi connectivity index (χ0n) is 41.4. The van der Waals surface area contributed by atoms with Crippen LogP contribution in [-0.4, -0.2) is 25.3 Å². The minimum absolute atomic E-state index is 0.0454. The Morgan fingerprint density at radius 2 is 1.29 bits per heavy atom. The normalized spacial score (nSPS) is 13.5. The van der Waals surface area contributed by atoms with Crippen LogP contribution in [0.25, 0.3) is 83.4 Å². The summed E-state index contributed by atoms with van der Waals surface area (Å²) >= 11 is 2.45. The average Bonchev–Trinajstić information content (AvgIpc) is 3.87. The molecule has 0 bridgehead atoms. The third-order valence-electron chi connectivity index (χ3n) is 13.2. The molecule has 6 nitrogen and oxygen atoms in total. The molecule has 12 rings (SSSR count). The van der Waals surface area contributed by atoms with Crippen LogP contribution in [0.5, 0.6) is 17.2 Å². The second-order valence-electron chi connectivity index (χ2n) is 18.6. The van der Waals surface area contributed by atoms with Crippen LogP contribution in [0.3, 0.4) is 0 Å². The van der Waals surface area contributed by atoms with Gasteiger partial charge in [-0.1, -0.05) is 45.0 Å². The monoisotopic (exact) mass is 1080 g/mol. The van der Waals surface area contributed by atoms with Gasteiger partial charge in [-0.05, 0) is 47.4 Å². The van der Waals surface area contributed by atoms with E-state index in [0.717, 1.165) is 94.5 Å². The molecule has 0 amide bonds. The molecule has 7 heteroatoms. The van der Waals surface area contributed by atoms with Crippen LogP contribution >= 0.6 is 0 Å². The van der Waals surface area contributed by atoms with E-state index in [2.05, 4.69) is 201 Å². The van der Waals surface area contributed by atoms with Crippen molar-refractivity contribution in [2.75, 3.05) is 6.61 Å². The Morgan fingerprint density at radius 1 is 0.623 bits per heavy atom. The van der Waals surface area contributed by atoms with Crippen molar-refractivity contribution in [3.8, 4) is 67.8 Å². The maximum atomic E-state index is 8.75. The zero-order chi connectivity index (χ0) is 49.3. The molecule has 8 aromatic carbocycles. The van der Waals surface area contributed by atoms with Gasteiger partial charge in [0.05, 0.1) is 6.61 Å². The first-order valence-corrected chi connectivity index (χ1v) is 24.4. The molecule has 0 N–H and O–H groups in total. The number of aryl methyl sites for hydroxylation is 2. The van der Waals surface area contributed by atoms with Crippen molar-refractivity contribution in [2.45, 2.75) is 45.9 Å². The standard InChI is InChI=1S/C62H48N4O2.Pt/c1-41-34-60(63-39-54(41)44-27-29-46(30-28-44)62(2,3)4)66-57-37-49(31-32-52(57)53-35-45-20-15-33-67-59(45)38-58(53)66)68-48-22-13-21-47(36-48)64-40-65(56-26-12-11-25-55(56)64)61-50(42-16-7-5-8-17-42)23-14-24-51(61)43-18-9-6-10-19-43;/h5-14,16-19,21-32,34-35,38-39H,15,20,33H2,1-4H3;/q-2;/i1D3;. The van der Waals surface area contributed by atoms with E-state index >= 15 is 0 Å². The van der Waals surface area contributed by atoms with Crippen LogP contribution < -0.4 is 9.47 Å². The van der Waals surface area contributed by atoms with E-state index in [0.29, 0.717) is 35.0 Å². The van der Waals surface area contributed by atoms with Crippen molar-refractivity contribution in [3.05, 3.63) is 215 Å². The number of para-hydroxylation sites is 3. The number of imidazole rings is 1. The quantitative estimate of drug-likeness (QED) is 0.142. The zero-order valence-corrected chi connectivity index (χ0v) is 40.6. The van der Waals surface area contributed by atoms with Gasteiger partial charge in [-0.2, -0.15) is 0 Å². The molecule has 0 atom stereocenters. The topological polar surface area (TPSA) is 46.1 Å². The van der Waals surface area contributed by atoms with Crippen molar-refractivity contribution < 1.29 is 32.9 Å². The molecule has 1 aliphatic rings. The number of aromatic nitrogens is 4. The Bertz CT molecular complexity index is 3890. The fourth-order valence-electron chi connectivity index (χ4n) is 9.80. The molecule has 69 heavy (non-hydrogen) atoms. The maximum absolute atomic E-state index is 8.75. The minimum Gasteiger partial charge on any atom is -0.493 e. The molecule has 0 aliphatic carbocycles. The molecule has 0 spiro atoms. The summed E-state index contributed by atoms with van der Waals surface area (Å²) in [5, 5.41) is 1.93. The van der Waals surface area contributed by atoms with Gasteiger partial charge in [0.15, 0.2) is 0 Å². The number of pyridine rings is 1. The molecule has 0 saturated heterocycles. The summed E-state index contributed by atoms with van der Waals surface area (Å²) in [7, 11) is 0. The third kappa shape index (κ3) is 7.64. The number of ether oxygens (including phenoxy) is 2. The summed E-state index contributed by atoms with van der Waals surface area (Å²) in [6, 6.07) is 67.4. The second-order valence-corrected chi connectivity index (χ2v) is 19.6. The Kier molecular flexibility index (Phi) is 9.84. The van der Waals surface area contributed by atoms with E-state index in [4.69, 9.17) is 18.6 Å². The first-order valence-electron chi connectivity index (χ1n) is 24.8. The summed E-state index contributed by atoms with van der Waals surface area (Å²) in [4.78, 5) is 5.02. The Balaban J connectivity index is 0.982. The number of rotatable bonds is 8. The van der Waals surface area contributed by atoms with Gasteiger partial charge in [-0.15, -0.1) is 0 Å². The van der Waals surface area contributed by atoms with Crippen LogP contribution in [0.4, 0.5) is 0 Å². The predicted molar refractivity (Wildman–Crippen MR) is 276 cm³/mol. The average molecular weight is 1080 g/mol. The number of hydrogen-bond acceptors (Lipinski definition) is 3. The van der Waals surface area contributed by atoms with E-state index in [-0.39, 0.29) is 11.0 Å². The Morgan fingerprint density at radius 3 is 2.00 bits per heavy atom. The van der Waals surface area contributed by atoms with Crippen LogP contribution in [0, 0.1) is 22.8 Å². The van der Waals surface area contributed by atoms with Crippen LogP contribution in [0.2, 0.25) is 0 Å². The van der Waals surface area contributed by atoms with Gasteiger partial charge in [0.2, 0.25) is 0 Å². The van der Waals surface area contributed by atoms with Gasteiger partial charge >= 0.3 is 294 Å². The fraction of sp³-hybridized carbons (Fsp3) is 0.129. The molecule has 0 saturated carbocycles. The van der Waals surface area contributed by atoms with E-state index in [1.165, 1.54) is 5.56 Å². The van der Waals surface area contributed by atoms with Crippen molar-refractivity contribution in [3.63, 3.8) is 0 Å². The molecule has 340 valence electrons. The van der Waals surface area contributed by atoms with Gasteiger partial charge in [0.25, 0.3) is 0 Å². The van der Waals surface area contributed by atoms with Gasteiger partial charge in [-0.25, -0.2) is 0 Å². The SMILES string of the molecule is [2H]C([2H])([2H])c1cc(-n2c3[c-]c(Oc4[c-]c(-n5[c](=[Pt])n(-c6c(-c7ccccc7)cccc6-c6ccccc6)c6ccccc65)ccc4)ccc3c3cc4c(cc32)OCCC4)ncc1-c1ccc(C(C)(C)C)cc1. The summed E-state index contributed by atoms with van der Waals surface area (Å²) in [5.74, 6) is 2.26. The number of hydrogen-bond donors (Lipinski definition) is 0. The first kappa shape index (κ1) is 39.5. The molecular formula is C62H48N4O2Pt-2. The van der Waals surface area contributed by atoms with Crippen molar-refractivity contribution in [1.29, 1.82) is 0 Å².